The molecule has 0 aromatic heterocycles. The van der Waals surface area contributed by atoms with Crippen LogP contribution in [0, 0.1) is 0 Å². The Balaban J connectivity index is 1.90. The highest BCUT2D eigenvalue weighted by Crippen LogP contribution is 2.10. The second-order valence-corrected chi connectivity index (χ2v) is 3.36. The third-order valence-corrected chi connectivity index (χ3v) is 2.16. The summed E-state index contributed by atoms with van der Waals surface area (Å²) in [6.45, 7) is 0.588. The van der Waals surface area contributed by atoms with Crippen LogP contribution in [0.5, 0.6) is 5.75 Å². The van der Waals surface area contributed by atoms with Crippen molar-refractivity contribution >= 4 is 5.97 Å². The maximum atomic E-state index is 11.0. The Bertz CT molecular complexity index is 446. The van der Waals surface area contributed by atoms with Crippen molar-refractivity contribution in [3.8, 4) is 5.75 Å². The number of hydrogen-bond donors (Lipinski definition) is 2. The molecule has 1 aliphatic rings. The molecule has 0 spiro atoms. The van der Waals surface area contributed by atoms with Crippen LogP contribution >= 0.6 is 0 Å². The summed E-state index contributed by atoms with van der Waals surface area (Å²) in [4.78, 5) is 11.0. The van der Waals surface area contributed by atoms with Crippen LogP contribution < -0.4 is 5.32 Å². The van der Waals surface area contributed by atoms with E-state index in [9.17, 15) is 4.79 Å². The molecule has 0 aliphatic carbocycles. The third-order valence-electron chi connectivity index (χ3n) is 2.16. The number of aromatic hydroxyl groups is 1. The van der Waals surface area contributed by atoms with Gasteiger partial charge in [-0.25, -0.2) is 4.79 Å². The molecule has 0 saturated heterocycles. The van der Waals surface area contributed by atoms with Crippen LogP contribution in [-0.2, 0) is 16.1 Å². The zero-order valence-corrected chi connectivity index (χ0v) is 8.51. The van der Waals surface area contributed by atoms with Gasteiger partial charge in [0.25, 0.3) is 0 Å². The second-order valence-electron chi connectivity index (χ2n) is 3.36. The van der Waals surface area contributed by atoms with E-state index < -0.39 is 0 Å². The number of phenols is 1. The molecule has 0 saturated carbocycles. The van der Waals surface area contributed by atoms with E-state index in [1.54, 1.807) is 24.4 Å². The van der Waals surface area contributed by atoms with Gasteiger partial charge in [-0.2, -0.15) is 0 Å². The minimum Gasteiger partial charge on any atom is -0.508 e. The molecule has 1 aliphatic heterocycles. The molecule has 0 radical (unpaired) electrons. The number of rotatable bonds is 3. The van der Waals surface area contributed by atoms with Crippen molar-refractivity contribution in [1.82, 2.24) is 5.32 Å². The highest BCUT2D eigenvalue weighted by atomic mass is 16.5. The molecule has 4 nitrogen and oxygen atoms in total. The predicted molar refractivity (Wildman–Crippen MR) is 58.3 cm³/mol. The lowest BCUT2D eigenvalue weighted by Gasteiger charge is -2.01. The number of carbonyl (C=O) groups is 1. The van der Waals surface area contributed by atoms with E-state index >= 15 is 0 Å². The molecule has 0 bridgehead atoms. The van der Waals surface area contributed by atoms with E-state index in [1.807, 2.05) is 12.1 Å². The Morgan fingerprint density at radius 2 is 2.06 bits per heavy atom. The van der Waals surface area contributed by atoms with Gasteiger partial charge in [-0.1, -0.05) is 12.1 Å². The smallest absolute Gasteiger partial charge is 0.344 e. The number of nitrogens with one attached hydrogen (secondary N) is 1. The maximum absolute atomic E-state index is 11.0. The fourth-order valence-electron chi connectivity index (χ4n) is 1.30. The van der Waals surface area contributed by atoms with Crippen molar-refractivity contribution in [2.24, 2.45) is 0 Å². The third kappa shape index (κ3) is 2.42. The first-order valence-electron chi connectivity index (χ1n) is 4.85. The van der Waals surface area contributed by atoms with Gasteiger partial charge in [-0.3, -0.25) is 0 Å². The average Bonchev–Trinajstić information content (AvgIpc) is 2.68. The predicted octanol–water partition coefficient (Wildman–Crippen LogP) is 1.44. The number of esters is 1. The molecule has 0 unspecified atom stereocenters. The Hall–Kier alpha value is -2.23. The molecule has 1 heterocycles. The molecule has 0 amide bonds. The minimum absolute atomic E-state index is 0.240. The van der Waals surface area contributed by atoms with Crippen LogP contribution in [-0.4, -0.2) is 11.1 Å². The van der Waals surface area contributed by atoms with Gasteiger partial charge in [0, 0.05) is 12.7 Å². The quantitative estimate of drug-likeness (QED) is 0.594. The lowest BCUT2D eigenvalue weighted by Crippen LogP contribution is -2.07. The molecule has 2 rings (SSSR count). The van der Waals surface area contributed by atoms with E-state index in [0.29, 0.717) is 12.1 Å². The number of hydrogen-bond acceptors (Lipinski definition) is 4. The van der Waals surface area contributed by atoms with Crippen molar-refractivity contribution in [2.45, 2.75) is 6.54 Å². The van der Waals surface area contributed by atoms with E-state index in [-0.39, 0.29) is 11.7 Å². The van der Waals surface area contributed by atoms with Gasteiger partial charge >= 0.3 is 5.97 Å². The summed E-state index contributed by atoms with van der Waals surface area (Å²) in [5, 5.41) is 12.1. The van der Waals surface area contributed by atoms with E-state index in [2.05, 4.69) is 10.1 Å². The van der Waals surface area contributed by atoms with Crippen molar-refractivity contribution in [3.05, 3.63) is 53.9 Å². The molecule has 82 valence electrons. The molecule has 4 heteroatoms. The lowest BCUT2D eigenvalue weighted by molar-refractivity contribution is -0.132. The van der Waals surface area contributed by atoms with Crippen LogP contribution in [0.3, 0.4) is 0 Å². The first kappa shape index (κ1) is 10.3. The summed E-state index contributed by atoms with van der Waals surface area (Å²) in [5.74, 6) is -0.109. The van der Waals surface area contributed by atoms with Crippen LogP contribution in [0.1, 0.15) is 5.56 Å². The summed E-state index contributed by atoms with van der Waals surface area (Å²) < 4.78 is 4.62. The van der Waals surface area contributed by atoms with Crippen LogP contribution in [0.15, 0.2) is 48.4 Å². The zero-order valence-electron chi connectivity index (χ0n) is 8.51. The van der Waals surface area contributed by atoms with Crippen molar-refractivity contribution in [3.63, 3.8) is 0 Å². The van der Waals surface area contributed by atoms with Gasteiger partial charge in [-0.05, 0) is 23.8 Å². The van der Waals surface area contributed by atoms with Gasteiger partial charge < -0.3 is 15.2 Å². The van der Waals surface area contributed by atoms with E-state index in [0.717, 1.165) is 5.56 Å². The first-order valence-corrected chi connectivity index (χ1v) is 4.85. The van der Waals surface area contributed by atoms with Gasteiger partial charge in [0.1, 0.15) is 5.75 Å². The van der Waals surface area contributed by atoms with Gasteiger partial charge in [-0.15, -0.1) is 0 Å². The summed E-state index contributed by atoms with van der Waals surface area (Å²) in [5.41, 5.74) is 1.52. The Kier molecular flexibility index (Phi) is 2.91. The molecule has 2 N–H and O–H groups in total. The number of carbonyl (C=O) groups excluding carboxylic acids is 1. The number of phenolic OH excluding ortho intramolecular Hbond substituents is 1. The van der Waals surface area contributed by atoms with Crippen molar-refractivity contribution < 1.29 is 14.6 Å². The molecule has 0 fully saturated rings. The van der Waals surface area contributed by atoms with E-state index in [1.165, 1.54) is 6.26 Å². The minimum atomic E-state index is -0.349. The van der Waals surface area contributed by atoms with Gasteiger partial charge in [0.2, 0.25) is 0 Å². The largest absolute Gasteiger partial charge is 0.508 e. The maximum Gasteiger partial charge on any atom is 0.344 e. The Morgan fingerprint density at radius 1 is 1.31 bits per heavy atom. The van der Waals surface area contributed by atoms with Crippen LogP contribution in [0.2, 0.25) is 0 Å². The highest BCUT2D eigenvalue weighted by molar-refractivity contribution is 5.93. The molecule has 1 aromatic carbocycles. The normalized spacial score (nSPS) is 16.5. The monoisotopic (exact) mass is 217 g/mol. The fraction of sp³-hybridized carbons (Fsp3) is 0.0833. The van der Waals surface area contributed by atoms with E-state index in [4.69, 9.17) is 5.11 Å². The van der Waals surface area contributed by atoms with Crippen molar-refractivity contribution in [2.75, 3.05) is 0 Å². The molecule has 1 aromatic rings. The Labute approximate surface area is 92.9 Å². The summed E-state index contributed by atoms with van der Waals surface area (Å²) in [6.07, 6.45) is 4.57. The molecule has 16 heavy (non-hydrogen) atoms. The first-order chi connectivity index (χ1) is 7.75. The summed E-state index contributed by atoms with van der Waals surface area (Å²) >= 11 is 0. The molecular weight excluding hydrogens is 206 g/mol. The molecule has 0 atom stereocenters. The lowest BCUT2D eigenvalue weighted by atomic mass is 10.2. The average molecular weight is 217 g/mol. The number of ether oxygens (including phenoxy) is 1. The van der Waals surface area contributed by atoms with Crippen LogP contribution in [0.25, 0.3) is 0 Å². The second kappa shape index (κ2) is 4.53. The number of cyclic esters (lactones) is 1. The highest BCUT2D eigenvalue weighted by Gasteiger charge is 2.11. The number of benzene rings is 1. The Morgan fingerprint density at radius 3 is 2.69 bits per heavy atom. The summed E-state index contributed by atoms with van der Waals surface area (Å²) in [6, 6.07) is 6.86. The van der Waals surface area contributed by atoms with Gasteiger partial charge in [0.05, 0.1) is 11.8 Å². The van der Waals surface area contributed by atoms with Crippen molar-refractivity contribution in [1.29, 1.82) is 0 Å². The standard InChI is InChI=1S/C12H11NO3/c14-11-3-1-9(2-4-11)7-13-8-10-5-6-16-12(10)15/h1-6,8,13-14H,7H2. The van der Waals surface area contributed by atoms with Gasteiger partial charge in [0.15, 0.2) is 0 Å². The fourth-order valence-corrected chi connectivity index (χ4v) is 1.30. The summed E-state index contributed by atoms with van der Waals surface area (Å²) in [7, 11) is 0. The topological polar surface area (TPSA) is 58.6 Å². The zero-order chi connectivity index (χ0) is 11.4. The van der Waals surface area contributed by atoms with Crippen LogP contribution in [0.4, 0.5) is 0 Å². The molecular formula is C12H11NO3. The SMILES string of the molecule is O=C1OC=CC1=CNCc1ccc(O)cc1.